The number of oxazole rings is 2. The average Bonchev–Trinajstić information content (AvgIpc) is 3.92. The Morgan fingerprint density at radius 3 is 1.82 bits per heavy atom. The van der Waals surface area contributed by atoms with E-state index in [1.165, 1.54) is 18.2 Å². The van der Waals surface area contributed by atoms with Gasteiger partial charge in [0.2, 0.25) is 11.8 Å². The van der Waals surface area contributed by atoms with E-state index in [9.17, 15) is 11.2 Å². The van der Waals surface area contributed by atoms with Crippen LogP contribution in [0.25, 0.3) is 88.6 Å². The largest absolute Gasteiger partial charge is 0.436 e. The molecule has 0 unspecified atom stereocenters. The Morgan fingerprint density at radius 2 is 1.05 bits per heavy atom. The molecule has 0 aliphatic heterocycles. The van der Waals surface area contributed by atoms with Crippen LogP contribution < -0.4 is 4.90 Å². The Hall–Kier alpha value is -7.57. The fourth-order valence-electron chi connectivity index (χ4n) is 7.23. The van der Waals surface area contributed by atoms with Crippen LogP contribution in [0.5, 0.6) is 0 Å². The smallest absolute Gasteiger partial charge is 0.227 e. The Balaban J connectivity index is 1.10. The first-order chi connectivity index (χ1) is 29.7. The second-order valence-electron chi connectivity index (χ2n) is 13.6. The molecular weight excluding hydrogens is 694 g/mol. The summed E-state index contributed by atoms with van der Waals surface area (Å²) < 4.78 is 74.1. The molecule has 6 heteroatoms. The molecule has 9 aromatic carbocycles. The lowest BCUT2D eigenvalue weighted by Gasteiger charge is -2.25. The van der Waals surface area contributed by atoms with Crippen molar-refractivity contribution in [2.24, 2.45) is 0 Å². The van der Waals surface area contributed by atoms with Gasteiger partial charge in [-0.1, -0.05) is 84.9 Å². The van der Waals surface area contributed by atoms with E-state index in [0.29, 0.717) is 61.9 Å². The Kier molecular flexibility index (Phi) is 6.18. The molecule has 0 aliphatic rings. The standard InChI is InChI=1S/C50H30FN3O2/c51-41-18-16-32-10-12-36(26-40(32)27-41)35-13-14-38-28-42(19-17-37(38)24-35)54(43-20-22-45-47(29-43)55-49(52-45)33-7-2-1-3-8-33)44-21-23-46-48(30-44)56-50(53-46)39-15-11-31-6-4-5-9-34(31)25-39/h1-30H/i14D,17D,19D,24D,28D. The highest BCUT2D eigenvalue weighted by molar-refractivity contribution is 5.96. The van der Waals surface area contributed by atoms with E-state index in [-0.39, 0.29) is 46.7 Å². The van der Waals surface area contributed by atoms with Crippen LogP contribution in [0.1, 0.15) is 6.85 Å². The molecule has 11 aromatic rings. The molecule has 5 nitrogen and oxygen atoms in total. The second kappa shape index (κ2) is 12.8. The van der Waals surface area contributed by atoms with Crippen LogP contribution in [-0.4, -0.2) is 9.97 Å². The normalized spacial score (nSPS) is 12.9. The van der Waals surface area contributed by atoms with Gasteiger partial charge in [0.05, 0.1) is 6.85 Å². The van der Waals surface area contributed by atoms with Crippen LogP contribution in [0.15, 0.2) is 191 Å². The highest BCUT2D eigenvalue weighted by Crippen LogP contribution is 2.40. The molecule has 0 amide bonds. The lowest BCUT2D eigenvalue weighted by molar-refractivity contribution is 0.620. The second-order valence-corrected chi connectivity index (χ2v) is 13.6. The van der Waals surface area contributed by atoms with Crippen LogP contribution in [0, 0.1) is 5.82 Å². The molecule has 0 N–H and O–H groups in total. The number of hydrogen-bond acceptors (Lipinski definition) is 5. The first-order valence-electron chi connectivity index (χ1n) is 20.6. The Morgan fingerprint density at radius 1 is 0.429 bits per heavy atom. The SMILES string of the molecule is [2H]c1c(N(c2ccc3nc(-c4ccccc4)oc3c2)c2ccc3nc(-c4ccc5ccccc5c4)oc3c2)c([2H])c2c([2H])cc(-c3ccc4ccc(F)cc4c3)c([2H])c2c1[2H]. The maximum absolute atomic E-state index is 14.2. The minimum absolute atomic E-state index is 0.00411. The third-order valence-corrected chi connectivity index (χ3v) is 10.0. The highest BCUT2D eigenvalue weighted by Gasteiger charge is 2.19. The van der Waals surface area contributed by atoms with E-state index in [1.54, 1.807) is 47.4 Å². The van der Waals surface area contributed by atoms with Crippen molar-refractivity contribution in [3.63, 3.8) is 0 Å². The fraction of sp³-hybridized carbons (Fsp3) is 0. The Bertz CT molecular complexity index is 3590. The van der Waals surface area contributed by atoms with Crippen LogP contribution >= 0.6 is 0 Å². The van der Waals surface area contributed by atoms with E-state index in [1.807, 2.05) is 91.0 Å². The summed E-state index contributed by atoms with van der Waals surface area (Å²) in [5.74, 6) is 0.460. The van der Waals surface area contributed by atoms with E-state index in [2.05, 4.69) is 0 Å². The monoisotopic (exact) mass is 728 g/mol. The van der Waals surface area contributed by atoms with Crippen LogP contribution in [-0.2, 0) is 0 Å². The zero-order valence-electron chi connectivity index (χ0n) is 34.5. The van der Waals surface area contributed by atoms with E-state index in [0.717, 1.165) is 27.3 Å². The van der Waals surface area contributed by atoms with Gasteiger partial charge in [0.1, 0.15) is 16.9 Å². The maximum Gasteiger partial charge on any atom is 0.227 e. The summed E-state index contributed by atoms with van der Waals surface area (Å²) in [4.78, 5) is 11.2. The molecule has 0 radical (unpaired) electrons. The summed E-state index contributed by atoms with van der Waals surface area (Å²) in [6.45, 7) is 0. The first kappa shape index (κ1) is 27.1. The average molecular weight is 729 g/mol. The zero-order chi connectivity index (χ0) is 41.5. The van der Waals surface area contributed by atoms with E-state index in [4.69, 9.17) is 18.8 Å². The lowest BCUT2D eigenvalue weighted by Crippen LogP contribution is -2.09. The minimum atomic E-state index is -0.398. The predicted octanol–water partition coefficient (Wildman–Crippen LogP) is 14.0. The van der Waals surface area contributed by atoms with Gasteiger partial charge in [0.15, 0.2) is 11.2 Å². The van der Waals surface area contributed by atoms with Crippen molar-refractivity contribution in [2.45, 2.75) is 0 Å². The summed E-state index contributed by atoms with van der Waals surface area (Å²) in [6.07, 6.45) is 0. The van der Waals surface area contributed by atoms with Crippen molar-refractivity contribution >= 4 is 71.6 Å². The molecular formula is C50H30FN3O2. The third-order valence-electron chi connectivity index (χ3n) is 10.0. The molecule has 0 aliphatic carbocycles. The molecule has 2 heterocycles. The number of aromatic nitrogens is 2. The van der Waals surface area contributed by atoms with Gasteiger partial charge in [-0.25, -0.2) is 14.4 Å². The predicted molar refractivity (Wildman–Crippen MR) is 225 cm³/mol. The topological polar surface area (TPSA) is 55.3 Å². The molecule has 11 rings (SSSR count). The fourth-order valence-corrected chi connectivity index (χ4v) is 7.23. The molecule has 0 spiro atoms. The van der Waals surface area contributed by atoms with Crippen LogP contribution in [0.2, 0.25) is 0 Å². The quantitative estimate of drug-likeness (QED) is 0.171. The van der Waals surface area contributed by atoms with Gasteiger partial charge in [-0.05, 0) is 128 Å². The van der Waals surface area contributed by atoms with Crippen molar-refractivity contribution in [3.8, 4) is 34.0 Å². The van der Waals surface area contributed by atoms with E-state index < -0.39 is 5.82 Å². The van der Waals surface area contributed by atoms with Crippen molar-refractivity contribution in [2.75, 3.05) is 4.90 Å². The summed E-state index contributed by atoms with van der Waals surface area (Å²) >= 11 is 0. The minimum Gasteiger partial charge on any atom is -0.436 e. The molecule has 0 saturated carbocycles. The number of benzene rings is 9. The van der Waals surface area contributed by atoms with Gasteiger partial charge in [-0.3, -0.25) is 0 Å². The number of nitrogens with zero attached hydrogens (tertiary/aromatic N) is 3. The summed E-state index contributed by atoms with van der Waals surface area (Å²) in [5, 5.41) is 3.62. The lowest BCUT2D eigenvalue weighted by atomic mass is 9.98. The van der Waals surface area contributed by atoms with Crippen molar-refractivity contribution in [1.29, 1.82) is 0 Å². The summed E-state index contributed by atoms with van der Waals surface area (Å²) in [5.41, 5.74) is 5.62. The zero-order valence-corrected chi connectivity index (χ0v) is 29.5. The maximum atomic E-state index is 14.2. The van der Waals surface area contributed by atoms with Crippen molar-refractivity contribution < 1.29 is 20.1 Å². The van der Waals surface area contributed by atoms with Crippen LogP contribution in [0.4, 0.5) is 21.5 Å². The molecule has 0 fully saturated rings. The molecule has 56 heavy (non-hydrogen) atoms. The number of anilines is 3. The number of hydrogen-bond donors (Lipinski definition) is 0. The highest BCUT2D eigenvalue weighted by atomic mass is 19.1. The Labute approximate surface area is 327 Å². The van der Waals surface area contributed by atoms with Gasteiger partial charge in [-0.2, -0.15) is 0 Å². The number of rotatable bonds is 6. The van der Waals surface area contributed by atoms with E-state index >= 15 is 0 Å². The molecule has 0 saturated heterocycles. The summed E-state index contributed by atoms with van der Waals surface area (Å²) in [7, 11) is 0. The van der Waals surface area contributed by atoms with Gasteiger partial charge in [0.25, 0.3) is 0 Å². The first-order valence-corrected chi connectivity index (χ1v) is 18.1. The molecule has 264 valence electrons. The molecule has 0 atom stereocenters. The van der Waals surface area contributed by atoms with Crippen molar-refractivity contribution in [3.05, 3.63) is 188 Å². The molecule has 0 bridgehead atoms. The van der Waals surface area contributed by atoms with Crippen LogP contribution in [0.3, 0.4) is 0 Å². The number of fused-ring (bicyclic) bond motifs is 5. The third kappa shape index (κ3) is 5.63. The summed E-state index contributed by atoms with van der Waals surface area (Å²) in [6, 6.07) is 44.6. The van der Waals surface area contributed by atoms with Gasteiger partial charge >= 0.3 is 0 Å². The van der Waals surface area contributed by atoms with Gasteiger partial charge in [0, 0.05) is 40.3 Å². The van der Waals surface area contributed by atoms with Crippen molar-refractivity contribution in [1.82, 2.24) is 9.97 Å². The molecule has 2 aromatic heterocycles. The van der Waals surface area contributed by atoms with Gasteiger partial charge in [-0.15, -0.1) is 0 Å². The number of halogens is 1. The van der Waals surface area contributed by atoms with Gasteiger partial charge < -0.3 is 13.7 Å².